The predicted octanol–water partition coefficient (Wildman–Crippen LogP) is 2.01. The van der Waals surface area contributed by atoms with Crippen molar-refractivity contribution >= 4 is 5.82 Å². The number of hydrogen-bond acceptors (Lipinski definition) is 2. The van der Waals surface area contributed by atoms with Crippen molar-refractivity contribution in [2.75, 3.05) is 11.9 Å². The number of nitrogens with zero attached hydrogens (tertiary/aromatic N) is 1. The average molecular weight is 186 g/mol. The molecule has 0 aromatic carbocycles. The Bertz CT molecular complexity index is 363. The van der Waals surface area contributed by atoms with Gasteiger partial charge in [0.1, 0.15) is 5.82 Å². The standard InChI is InChI=1S/C12H14N2/c1-2-3-9-13-12-8-7-10-5-4-6-11(10)14-12/h1,7-8H,3-6,9H2,(H,13,14). The fraction of sp³-hybridized carbons (Fsp3) is 0.417. The Morgan fingerprint density at radius 1 is 1.43 bits per heavy atom. The van der Waals surface area contributed by atoms with E-state index in [1.807, 2.05) is 6.07 Å². The Kier molecular flexibility index (Phi) is 2.69. The molecule has 0 saturated carbocycles. The van der Waals surface area contributed by atoms with Crippen molar-refractivity contribution in [3.63, 3.8) is 0 Å². The molecule has 0 bridgehead atoms. The van der Waals surface area contributed by atoms with Crippen molar-refractivity contribution in [2.45, 2.75) is 25.7 Å². The van der Waals surface area contributed by atoms with Crippen LogP contribution >= 0.6 is 0 Å². The summed E-state index contributed by atoms with van der Waals surface area (Å²) in [4.78, 5) is 4.55. The van der Waals surface area contributed by atoms with Crippen LogP contribution in [-0.2, 0) is 12.8 Å². The molecule has 1 aromatic rings. The Balaban J connectivity index is 2.02. The van der Waals surface area contributed by atoms with Crippen LogP contribution in [0.3, 0.4) is 0 Å². The van der Waals surface area contributed by atoms with Gasteiger partial charge in [0, 0.05) is 18.7 Å². The maximum atomic E-state index is 5.17. The number of pyridine rings is 1. The minimum absolute atomic E-state index is 0.749. The van der Waals surface area contributed by atoms with E-state index in [1.54, 1.807) is 0 Å². The molecular formula is C12H14N2. The van der Waals surface area contributed by atoms with Crippen LogP contribution in [0, 0.1) is 12.3 Å². The molecule has 72 valence electrons. The molecule has 0 fully saturated rings. The molecule has 0 amide bonds. The van der Waals surface area contributed by atoms with Crippen molar-refractivity contribution < 1.29 is 0 Å². The molecule has 14 heavy (non-hydrogen) atoms. The number of aromatic nitrogens is 1. The number of hydrogen-bond donors (Lipinski definition) is 1. The quantitative estimate of drug-likeness (QED) is 0.577. The zero-order valence-corrected chi connectivity index (χ0v) is 8.21. The highest BCUT2D eigenvalue weighted by molar-refractivity contribution is 5.40. The van der Waals surface area contributed by atoms with Gasteiger partial charge in [0.05, 0.1) is 0 Å². The van der Waals surface area contributed by atoms with Crippen molar-refractivity contribution in [1.82, 2.24) is 4.98 Å². The Morgan fingerprint density at radius 2 is 2.36 bits per heavy atom. The highest BCUT2D eigenvalue weighted by atomic mass is 15.0. The summed E-state index contributed by atoms with van der Waals surface area (Å²) in [6.07, 6.45) is 9.48. The van der Waals surface area contributed by atoms with Crippen LogP contribution in [0.4, 0.5) is 5.82 Å². The third kappa shape index (κ3) is 1.88. The summed E-state index contributed by atoms with van der Waals surface area (Å²) in [6.45, 7) is 0.808. The molecule has 0 radical (unpaired) electrons. The first kappa shape index (κ1) is 9.08. The summed E-state index contributed by atoms with van der Waals surface area (Å²) in [5.41, 5.74) is 2.67. The lowest BCUT2D eigenvalue weighted by Crippen LogP contribution is -2.03. The lowest BCUT2D eigenvalue weighted by atomic mass is 10.2. The van der Waals surface area contributed by atoms with Crippen LogP contribution in [0.5, 0.6) is 0 Å². The van der Waals surface area contributed by atoms with Crippen LogP contribution < -0.4 is 5.32 Å². The Hall–Kier alpha value is -1.49. The van der Waals surface area contributed by atoms with Crippen molar-refractivity contribution in [3.05, 3.63) is 23.4 Å². The number of nitrogens with one attached hydrogen (secondary N) is 1. The average Bonchev–Trinajstić information content (AvgIpc) is 2.65. The predicted molar refractivity (Wildman–Crippen MR) is 58.2 cm³/mol. The van der Waals surface area contributed by atoms with Crippen molar-refractivity contribution in [2.24, 2.45) is 0 Å². The fourth-order valence-corrected chi connectivity index (χ4v) is 1.78. The number of terminal acetylenes is 1. The molecule has 2 rings (SSSR count). The summed E-state index contributed by atoms with van der Waals surface area (Å²) >= 11 is 0. The summed E-state index contributed by atoms with van der Waals surface area (Å²) in [6, 6.07) is 4.22. The van der Waals surface area contributed by atoms with Crippen LogP contribution in [0.2, 0.25) is 0 Å². The zero-order valence-electron chi connectivity index (χ0n) is 8.21. The van der Waals surface area contributed by atoms with Gasteiger partial charge in [-0.1, -0.05) is 6.07 Å². The molecule has 1 aromatic heterocycles. The first-order valence-corrected chi connectivity index (χ1v) is 5.06. The van der Waals surface area contributed by atoms with Gasteiger partial charge in [-0.15, -0.1) is 12.3 Å². The molecule has 2 heteroatoms. The molecule has 0 saturated heterocycles. The molecule has 0 unspecified atom stereocenters. The minimum atomic E-state index is 0.749. The van der Waals surface area contributed by atoms with E-state index in [9.17, 15) is 0 Å². The van der Waals surface area contributed by atoms with E-state index in [0.717, 1.165) is 25.2 Å². The molecule has 1 aliphatic rings. The number of anilines is 1. The third-order valence-electron chi connectivity index (χ3n) is 2.50. The van der Waals surface area contributed by atoms with Gasteiger partial charge in [-0.2, -0.15) is 0 Å². The van der Waals surface area contributed by atoms with Crippen molar-refractivity contribution in [3.8, 4) is 12.3 Å². The second kappa shape index (κ2) is 4.15. The number of fused-ring (bicyclic) bond motifs is 1. The second-order valence-electron chi connectivity index (χ2n) is 3.54. The molecule has 0 spiro atoms. The maximum Gasteiger partial charge on any atom is 0.126 e. The van der Waals surface area contributed by atoms with E-state index in [2.05, 4.69) is 22.3 Å². The van der Waals surface area contributed by atoms with Gasteiger partial charge in [-0.3, -0.25) is 0 Å². The van der Waals surface area contributed by atoms with Gasteiger partial charge in [-0.25, -0.2) is 4.98 Å². The van der Waals surface area contributed by atoms with E-state index in [-0.39, 0.29) is 0 Å². The highest BCUT2D eigenvalue weighted by Gasteiger charge is 2.11. The van der Waals surface area contributed by atoms with E-state index >= 15 is 0 Å². The van der Waals surface area contributed by atoms with Crippen LogP contribution in [-0.4, -0.2) is 11.5 Å². The molecule has 0 aliphatic heterocycles. The van der Waals surface area contributed by atoms with Crippen LogP contribution in [0.15, 0.2) is 12.1 Å². The Morgan fingerprint density at radius 3 is 3.21 bits per heavy atom. The largest absolute Gasteiger partial charge is 0.369 e. The summed E-state index contributed by atoms with van der Waals surface area (Å²) in [5, 5.41) is 3.22. The smallest absolute Gasteiger partial charge is 0.126 e. The molecule has 1 N–H and O–H groups in total. The van der Waals surface area contributed by atoms with Gasteiger partial charge in [0.25, 0.3) is 0 Å². The molecule has 2 nitrogen and oxygen atoms in total. The molecule has 1 heterocycles. The second-order valence-corrected chi connectivity index (χ2v) is 3.54. The lowest BCUT2D eigenvalue weighted by Gasteiger charge is -2.05. The topological polar surface area (TPSA) is 24.9 Å². The normalized spacial score (nSPS) is 13.4. The zero-order chi connectivity index (χ0) is 9.80. The summed E-state index contributed by atoms with van der Waals surface area (Å²) in [7, 11) is 0. The van der Waals surface area contributed by atoms with Gasteiger partial charge < -0.3 is 5.32 Å². The maximum absolute atomic E-state index is 5.17. The number of rotatable bonds is 3. The first-order valence-electron chi connectivity index (χ1n) is 5.06. The molecule has 1 aliphatic carbocycles. The van der Waals surface area contributed by atoms with E-state index < -0.39 is 0 Å². The van der Waals surface area contributed by atoms with E-state index in [0.29, 0.717) is 0 Å². The van der Waals surface area contributed by atoms with Crippen LogP contribution in [0.1, 0.15) is 24.1 Å². The van der Waals surface area contributed by atoms with Gasteiger partial charge >= 0.3 is 0 Å². The van der Waals surface area contributed by atoms with Gasteiger partial charge in [0.2, 0.25) is 0 Å². The monoisotopic (exact) mass is 186 g/mol. The minimum Gasteiger partial charge on any atom is -0.369 e. The molecule has 0 atom stereocenters. The molecular weight excluding hydrogens is 172 g/mol. The third-order valence-corrected chi connectivity index (χ3v) is 2.50. The van der Waals surface area contributed by atoms with E-state index in [1.165, 1.54) is 24.1 Å². The Labute approximate surface area is 84.7 Å². The van der Waals surface area contributed by atoms with Crippen LogP contribution in [0.25, 0.3) is 0 Å². The van der Waals surface area contributed by atoms with Gasteiger partial charge in [-0.05, 0) is 30.9 Å². The number of aryl methyl sites for hydroxylation is 2. The fourth-order valence-electron chi connectivity index (χ4n) is 1.78. The highest BCUT2D eigenvalue weighted by Crippen LogP contribution is 2.21. The SMILES string of the molecule is C#CCCNc1ccc2c(n1)CCC2. The lowest BCUT2D eigenvalue weighted by molar-refractivity contribution is 0.899. The summed E-state index contributed by atoms with van der Waals surface area (Å²) in [5.74, 6) is 3.56. The van der Waals surface area contributed by atoms with E-state index in [4.69, 9.17) is 6.42 Å². The summed E-state index contributed by atoms with van der Waals surface area (Å²) < 4.78 is 0. The van der Waals surface area contributed by atoms with Gasteiger partial charge in [0.15, 0.2) is 0 Å². The van der Waals surface area contributed by atoms with Crippen molar-refractivity contribution in [1.29, 1.82) is 0 Å². The first-order chi connectivity index (χ1) is 6.90.